The minimum absolute atomic E-state index is 0.143. The van der Waals surface area contributed by atoms with E-state index in [4.69, 9.17) is 26.3 Å². The van der Waals surface area contributed by atoms with Gasteiger partial charge in [-0.15, -0.1) is 0 Å². The second-order valence-corrected chi connectivity index (χ2v) is 12.0. The quantitative estimate of drug-likeness (QED) is 0.368. The van der Waals surface area contributed by atoms with Crippen LogP contribution in [-0.2, 0) is 17.6 Å². The number of hydrogen-bond acceptors (Lipinski definition) is 8. The topological polar surface area (TPSA) is 88.8 Å². The second kappa shape index (κ2) is 12.8. The number of halogens is 1. The number of rotatable bonds is 7. The van der Waals surface area contributed by atoms with Crippen LogP contribution in [0.2, 0.25) is 5.02 Å². The summed E-state index contributed by atoms with van der Waals surface area (Å²) in [6.45, 7) is 8.49. The minimum atomic E-state index is -0.244. The van der Waals surface area contributed by atoms with E-state index in [2.05, 4.69) is 58.7 Å². The van der Waals surface area contributed by atoms with Gasteiger partial charge in [-0.25, -0.2) is 0 Å². The second-order valence-electron chi connectivity index (χ2n) is 11.6. The van der Waals surface area contributed by atoms with E-state index in [0.717, 1.165) is 77.5 Å². The molecule has 43 heavy (non-hydrogen) atoms. The molecule has 3 aliphatic heterocycles. The minimum Gasteiger partial charge on any atom is -0.462 e. The summed E-state index contributed by atoms with van der Waals surface area (Å²) in [4.78, 5) is 31.3. The molecular formula is C33H38ClN7O2. The fourth-order valence-electron chi connectivity index (χ4n) is 6.76. The molecule has 2 saturated heterocycles. The summed E-state index contributed by atoms with van der Waals surface area (Å²) in [5.74, 6) is 0.710. The van der Waals surface area contributed by atoms with Crippen LogP contribution in [0, 0.1) is 11.3 Å². The van der Waals surface area contributed by atoms with Gasteiger partial charge in [0.2, 0.25) is 5.91 Å². The Labute approximate surface area is 258 Å². The Morgan fingerprint density at radius 1 is 1.09 bits per heavy atom. The van der Waals surface area contributed by atoms with Crippen molar-refractivity contribution in [3.63, 3.8) is 0 Å². The van der Waals surface area contributed by atoms with Crippen molar-refractivity contribution in [2.45, 2.75) is 44.2 Å². The maximum absolute atomic E-state index is 12.6. The van der Waals surface area contributed by atoms with E-state index in [1.807, 2.05) is 12.1 Å². The van der Waals surface area contributed by atoms with Crippen molar-refractivity contribution < 1.29 is 9.53 Å². The van der Waals surface area contributed by atoms with E-state index in [9.17, 15) is 10.1 Å². The summed E-state index contributed by atoms with van der Waals surface area (Å²) >= 11 is 6.71. The molecule has 0 bridgehead atoms. The standard InChI is InChI=1S/C33H38ClN7O2/c1-3-30(42)41-20-19-40(21-24(41)12-15-35)32-26-13-17-39(29-11-5-8-23-7-4-10-27(34)31(23)29)18-14-28(26)36-33(37-32)43-22-25-9-6-16-38(25)2/h3-5,7-8,10-11,24-25H,1,6,9,12-14,16-22H2,2H3/t24?,25-/m0/s1. The van der Waals surface area contributed by atoms with E-state index >= 15 is 0 Å². The lowest BCUT2D eigenvalue weighted by Crippen LogP contribution is -2.55. The monoisotopic (exact) mass is 599 g/mol. The summed E-state index contributed by atoms with van der Waals surface area (Å²) in [6.07, 6.45) is 5.34. The molecule has 6 rings (SSSR count). The van der Waals surface area contributed by atoms with Crippen LogP contribution in [0.1, 0.15) is 30.5 Å². The van der Waals surface area contributed by atoms with Crippen LogP contribution in [0.5, 0.6) is 6.01 Å². The first-order chi connectivity index (χ1) is 21.0. The van der Waals surface area contributed by atoms with Gasteiger partial charge in [0.15, 0.2) is 0 Å². The third kappa shape index (κ3) is 5.99. The summed E-state index contributed by atoms with van der Waals surface area (Å²) in [6, 6.07) is 15.1. The highest BCUT2D eigenvalue weighted by Gasteiger charge is 2.33. The lowest BCUT2D eigenvalue weighted by atomic mass is 10.1. The fourth-order valence-corrected chi connectivity index (χ4v) is 7.04. The van der Waals surface area contributed by atoms with Crippen molar-refractivity contribution in [2.24, 2.45) is 0 Å². The molecule has 3 aromatic rings. The molecule has 0 spiro atoms. The number of nitrogens with zero attached hydrogens (tertiary/aromatic N) is 7. The van der Waals surface area contributed by atoms with E-state index in [1.165, 1.54) is 12.5 Å². The van der Waals surface area contributed by atoms with Crippen molar-refractivity contribution in [3.05, 3.63) is 65.3 Å². The molecule has 0 aliphatic carbocycles. The van der Waals surface area contributed by atoms with Crippen molar-refractivity contribution in [3.8, 4) is 12.1 Å². The lowest BCUT2D eigenvalue weighted by molar-refractivity contribution is -0.128. The van der Waals surface area contributed by atoms with Crippen LogP contribution in [0.3, 0.4) is 0 Å². The number of fused-ring (bicyclic) bond motifs is 2. The number of amides is 1. The Kier molecular flexibility index (Phi) is 8.68. The predicted molar refractivity (Wildman–Crippen MR) is 170 cm³/mol. The van der Waals surface area contributed by atoms with Gasteiger partial charge in [0.25, 0.3) is 0 Å². The number of ether oxygens (including phenoxy) is 1. The van der Waals surface area contributed by atoms with Gasteiger partial charge in [0, 0.05) is 61.8 Å². The molecule has 1 amide bonds. The molecule has 2 fully saturated rings. The van der Waals surface area contributed by atoms with Gasteiger partial charge < -0.3 is 24.3 Å². The summed E-state index contributed by atoms with van der Waals surface area (Å²) in [5, 5.41) is 12.5. The van der Waals surface area contributed by atoms with Gasteiger partial charge >= 0.3 is 6.01 Å². The first-order valence-corrected chi connectivity index (χ1v) is 15.5. The van der Waals surface area contributed by atoms with Crippen LogP contribution >= 0.6 is 11.6 Å². The number of likely N-dealkylation sites (tertiary alicyclic amines) is 1. The number of likely N-dealkylation sites (N-methyl/N-ethyl adjacent to an activating group) is 1. The highest BCUT2D eigenvalue weighted by molar-refractivity contribution is 6.36. The lowest BCUT2D eigenvalue weighted by Gasteiger charge is -2.41. The highest BCUT2D eigenvalue weighted by atomic mass is 35.5. The molecule has 1 unspecified atom stereocenters. The smallest absolute Gasteiger partial charge is 0.318 e. The summed E-state index contributed by atoms with van der Waals surface area (Å²) < 4.78 is 6.28. The first-order valence-electron chi connectivity index (χ1n) is 15.2. The van der Waals surface area contributed by atoms with Crippen molar-refractivity contribution in [1.82, 2.24) is 19.8 Å². The van der Waals surface area contributed by atoms with Crippen LogP contribution in [0.4, 0.5) is 11.5 Å². The zero-order valence-electron chi connectivity index (χ0n) is 24.7. The van der Waals surface area contributed by atoms with Gasteiger partial charge in [-0.2, -0.15) is 15.2 Å². The van der Waals surface area contributed by atoms with E-state index in [0.29, 0.717) is 38.3 Å². The number of benzene rings is 2. The zero-order chi connectivity index (χ0) is 29.9. The number of carbonyl (C=O) groups is 1. The van der Waals surface area contributed by atoms with Crippen LogP contribution in [0.15, 0.2) is 49.1 Å². The Morgan fingerprint density at radius 3 is 2.67 bits per heavy atom. The van der Waals surface area contributed by atoms with E-state index < -0.39 is 0 Å². The molecule has 0 N–H and O–H groups in total. The highest BCUT2D eigenvalue weighted by Crippen LogP contribution is 2.35. The van der Waals surface area contributed by atoms with Gasteiger partial charge in [-0.1, -0.05) is 42.4 Å². The summed E-state index contributed by atoms with van der Waals surface area (Å²) in [7, 11) is 2.14. The largest absolute Gasteiger partial charge is 0.462 e. The molecule has 0 radical (unpaired) electrons. The van der Waals surface area contributed by atoms with Gasteiger partial charge in [0.05, 0.1) is 29.2 Å². The predicted octanol–water partition coefficient (Wildman–Crippen LogP) is 4.48. The Morgan fingerprint density at radius 2 is 1.91 bits per heavy atom. The summed E-state index contributed by atoms with van der Waals surface area (Å²) in [5.41, 5.74) is 3.23. The molecule has 4 heterocycles. The SMILES string of the molecule is C=CC(=O)N1CCN(c2nc(OC[C@@H]3CCCN3C)nc3c2CCN(c2cccc4cccc(Cl)c24)CC3)CC1CC#N. The number of piperazine rings is 1. The van der Waals surface area contributed by atoms with Crippen molar-refractivity contribution in [1.29, 1.82) is 5.26 Å². The molecule has 9 nitrogen and oxygen atoms in total. The Bertz CT molecular complexity index is 1550. The molecule has 2 atom stereocenters. The number of aromatic nitrogens is 2. The average Bonchev–Trinajstić information content (AvgIpc) is 3.31. The zero-order valence-corrected chi connectivity index (χ0v) is 25.5. The van der Waals surface area contributed by atoms with Crippen molar-refractivity contribution in [2.75, 3.05) is 62.7 Å². The molecule has 10 heteroatoms. The molecule has 3 aliphatic rings. The van der Waals surface area contributed by atoms with Crippen molar-refractivity contribution >= 4 is 39.8 Å². The molecule has 2 aromatic carbocycles. The first kappa shape index (κ1) is 29.2. The average molecular weight is 600 g/mol. The van der Waals surface area contributed by atoms with Crippen LogP contribution in [0.25, 0.3) is 10.8 Å². The molecule has 1 aromatic heterocycles. The molecular weight excluding hydrogens is 562 g/mol. The Balaban J connectivity index is 1.32. The number of anilines is 2. The normalized spacial score (nSPS) is 20.9. The van der Waals surface area contributed by atoms with E-state index in [1.54, 1.807) is 4.90 Å². The fraction of sp³-hybridized carbons (Fsp3) is 0.455. The number of nitriles is 1. The van der Waals surface area contributed by atoms with Gasteiger partial charge in [-0.05, 0) is 56.4 Å². The molecule has 224 valence electrons. The number of hydrogen-bond donors (Lipinski definition) is 0. The van der Waals surface area contributed by atoms with Gasteiger partial charge in [-0.3, -0.25) is 4.79 Å². The third-order valence-corrected chi connectivity index (χ3v) is 9.43. The maximum Gasteiger partial charge on any atom is 0.318 e. The van der Waals surface area contributed by atoms with E-state index in [-0.39, 0.29) is 18.4 Å². The Hall–Kier alpha value is -3.87. The number of carbonyl (C=O) groups excluding carboxylic acids is 1. The van der Waals surface area contributed by atoms with Crippen LogP contribution < -0.4 is 14.5 Å². The third-order valence-electron chi connectivity index (χ3n) is 9.12. The maximum atomic E-state index is 12.6. The van der Waals surface area contributed by atoms with Crippen LogP contribution in [-0.4, -0.2) is 90.7 Å². The van der Waals surface area contributed by atoms with Gasteiger partial charge in [0.1, 0.15) is 12.4 Å². The molecule has 0 saturated carbocycles.